The lowest BCUT2D eigenvalue weighted by Gasteiger charge is -2.50. The standard InChI is InChI=1S/C12H24N2/c1-4-10-8-14-6-5-11(10)7-12(14)9-13(2)3/h10-12H,4-9H2,1-3H3/t10-,11-,12-/m0/s1. The van der Waals surface area contributed by atoms with E-state index in [2.05, 4.69) is 30.8 Å². The second-order valence-corrected chi connectivity index (χ2v) is 5.36. The summed E-state index contributed by atoms with van der Waals surface area (Å²) >= 11 is 0. The van der Waals surface area contributed by atoms with Gasteiger partial charge < -0.3 is 4.90 Å². The Bertz CT molecular complexity index is 191. The van der Waals surface area contributed by atoms with Crippen molar-refractivity contribution in [2.75, 3.05) is 33.7 Å². The van der Waals surface area contributed by atoms with E-state index >= 15 is 0 Å². The fourth-order valence-corrected chi connectivity index (χ4v) is 3.32. The smallest absolute Gasteiger partial charge is 0.0225 e. The van der Waals surface area contributed by atoms with Crippen LogP contribution in [0.4, 0.5) is 0 Å². The van der Waals surface area contributed by atoms with Crippen molar-refractivity contribution in [2.45, 2.75) is 32.2 Å². The molecule has 3 saturated heterocycles. The van der Waals surface area contributed by atoms with Crippen molar-refractivity contribution in [3.63, 3.8) is 0 Å². The van der Waals surface area contributed by atoms with E-state index < -0.39 is 0 Å². The van der Waals surface area contributed by atoms with E-state index in [1.165, 1.54) is 38.9 Å². The van der Waals surface area contributed by atoms with Crippen molar-refractivity contribution < 1.29 is 0 Å². The largest absolute Gasteiger partial charge is 0.308 e. The van der Waals surface area contributed by atoms with Crippen LogP contribution in [0.25, 0.3) is 0 Å². The molecule has 0 aromatic heterocycles. The van der Waals surface area contributed by atoms with Crippen LogP contribution in [0, 0.1) is 11.8 Å². The van der Waals surface area contributed by atoms with Crippen molar-refractivity contribution >= 4 is 0 Å². The zero-order chi connectivity index (χ0) is 10.1. The Morgan fingerprint density at radius 2 is 2.14 bits per heavy atom. The Morgan fingerprint density at radius 1 is 1.36 bits per heavy atom. The maximum Gasteiger partial charge on any atom is 0.0225 e. The number of hydrogen-bond acceptors (Lipinski definition) is 2. The quantitative estimate of drug-likeness (QED) is 0.677. The van der Waals surface area contributed by atoms with Crippen molar-refractivity contribution in [1.29, 1.82) is 0 Å². The van der Waals surface area contributed by atoms with Gasteiger partial charge in [-0.25, -0.2) is 0 Å². The van der Waals surface area contributed by atoms with Crippen LogP contribution in [0.1, 0.15) is 26.2 Å². The van der Waals surface area contributed by atoms with Gasteiger partial charge >= 0.3 is 0 Å². The monoisotopic (exact) mass is 196 g/mol. The molecule has 0 aliphatic carbocycles. The first-order chi connectivity index (χ1) is 6.70. The zero-order valence-electron chi connectivity index (χ0n) is 9.87. The van der Waals surface area contributed by atoms with E-state index in [4.69, 9.17) is 0 Å². The molecule has 0 radical (unpaired) electrons. The first-order valence-corrected chi connectivity index (χ1v) is 6.09. The third-order valence-electron chi connectivity index (χ3n) is 4.11. The second-order valence-electron chi connectivity index (χ2n) is 5.36. The first kappa shape index (κ1) is 10.4. The van der Waals surface area contributed by atoms with Crippen LogP contribution in [-0.4, -0.2) is 49.6 Å². The average Bonchev–Trinajstić information content (AvgIpc) is 2.17. The van der Waals surface area contributed by atoms with E-state index in [0.29, 0.717) is 0 Å². The van der Waals surface area contributed by atoms with E-state index in [9.17, 15) is 0 Å². The predicted octanol–water partition coefficient (Wildman–Crippen LogP) is 1.67. The van der Waals surface area contributed by atoms with Gasteiger partial charge in [-0.3, -0.25) is 4.90 Å². The number of rotatable bonds is 3. The van der Waals surface area contributed by atoms with Crippen LogP contribution in [0.2, 0.25) is 0 Å². The number of nitrogens with zero attached hydrogens (tertiary/aromatic N) is 2. The molecule has 0 spiro atoms. The minimum Gasteiger partial charge on any atom is -0.308 e. The summed E-state index contributed by atoms with van der Waals surface area (Å²) in [6.45, 7) is 6.35. The molecular weight excluding hydrogens is 172 g/mol. The lowest BCUT2D eigenvalue weighted by molar-refractivity contribution is -0.00898. The average molecular weight is 196 g/mol. The Balaban J connectivity index is 1.94. The maximum absolute atomic E-state index is 2.73. The topological polar surface area (TPSA) is 6.48 Å². The Labute approximate surface area is 88.3 Å². The second kappa shape index (κ2) is 4.19. The summed E-state index contributed by atoms with van der Waals surface area (Å²) in [5.74, 6) is 2.04. The van der Waals surface area contributed by atoms with Gasteiger partial charge in [-0.1, -0.05) is 13.3 Å². The minimum atomic E-state index is 0.853. The molecule has 3 aliphatic heterocycles. The summed E-state index contributed by atoms with van der Waals surface area (Å²) in [6, 6.07) is 0.853. The van der Waals surface area contributed by atoms with Gasteiger partial charge in [0.2, 0.25) is 0 Å². The Morgan fingerprint density at radius 3 is 2.64 bits per heavy atom. The fraction of sp³-hybridized carbons (Fsp3) is 1.00. The Hall–Kier alpha value is -0.0800. The van der Waals surface area contributed by atoms with Crippen LogP contribution in [-0.2, 0) is 0 Å². The zero-order valence-corrected chi connectivity index (χ0v) is 9.87. The molecule has 14 heavy (non-hydrogen) atoms. The molecule has 0 N–H and O–H groups in total. The van der Waals surface area contributed by atoms with E-state index in [1.54, 1.807) is 0 Å². The molecule has 1 unspecified atom stereocenters. The molecule has 3 aliphatic rings. The lowest BCUT2D eigenvalue weighted by atomic mass is 9.74. The molecule has 3 fully saturated rings. The molecule has 3 rings (SSSR count). The fourth-order valence-electron chi connectivity index (χ4n) is 3.32. The summed E-state index contributed by atoms with van der Waals surface area (Å²) < 4.78 is 0. The summed E-state index contributed by atoms with van der Waals surface area (Å²) in [6.07, 6.45) is 4.30. The van der Waals surface area contributed by atoms with Crippen molar-refractivity contribution in [2.24, 2.45) is 11.8 Å². The maximum atomic E-state index is 2.73. The van der Waals surface area contributed by atoms with Gasteiger partial charge in [-0.2, -0.15) is 0 Å². The molecule has 4 atom stereocenters. The molecule has 2 nitrogen and oxygen atoms in total. The molecular formula is C12H24N2. The van der Waals surface area contributed by atoms with Crippen LogP contribution < -0.4 is 0 Å². The molecule has 2 heteroatoms. The number of hydrogen-bond donors (Lipinski definition) is 0. The van der Waals surface area contributed by atoms with Gasteiger partial charge in [0.1, 0.15) is 0 Å². The number of piperidine rings is 3. The molecule has 0 amide bonds. The van der Waals surface area contributed by atoms with Gasteiger partial charge in [0.25, 0.3) is 0 Å². The molecule has 3 heterocycles. The van der Waals surface area contributed by atoms with E-state index in [0.717, 1.165) is 17.9 Å². The van der Waals surface area contributed by atoms with E-state index in [-0.39, 0.29) is 0 Å². The summed E-state index contributed by atoms with van der Waals surface area (Å²) in [7, 11) is 4.39. The minimum absolute atomic E-state index is 0.853. The van der Waals surface area contributed by atoms with Crippen LogP contribution >= 0.6 is 0 Å². The third kappa shape index (κ3) is 1.96. The summed E-state index contributed by atoms with van der Waals surface area (Å²) in [5, 5.41) is 0. The van der Waals surface area contributed by atoms with Crippen molar-refractivity contribution in [3.05, 3.63) is 0 Å². The van der Waals surface area contributed by atoms with Gasteiger partial charge in [0.15, 0.2) is 0 Å². The van der Waals surface area contributed by atoms with E-state index in [1.807, 2.05) is 0 Å². The van der Waals surface area contributed by atoms with Gasteiger partial charge in [-0.05, 0) is 45.3 Å². The highest BCUT2D eigenvalue weighted by Gasteiger charge is 2.38. The molecule has 0 saturated carbocycles. The highest BCUT2D eigenvalue weighted by molar-refractivity contribution is 4.92. The predicted molar refractivity (Wildman–Crippen MR) is 60.4 cm³/mol. The van der Waals surface area contributed by atoms with Gasteiger partial charge in [-0.15, -0.1) is 0 Å². The molecule has 0 aromatic rings. The number of likely N-dealkylation sites (N-methyl/N-ethyl adjacent to an activating group) is 1. The van der Waals surface area contributed by atoms with Crippen molar-refractivity contribution in [3.8, 4) is 0 Å². The van der Waals surface area contributed by atoms with Crippen LogP contribution in [0.3, 0.4) is 0 Å². The molecule has 2 bridgehead atoms. The lowest BCUT2D eigenvalue weighted by Crippen LogP contribution is -2.56. The van der Waals surface area contributed by atoms with Gasteiger partial charge in [0, 0.05) is 19.1 Å². The highest BCUT2D eigenvalue weighted by atomic mass is 15.2. The van der Waals surface area contributed by atoms with Gasteiger partial charge in [0.05, 0.1) is 0 Å². The normalized spacial score (nSPS) is 42.0. The highest BCUT2D eigenvalue weighted by Crippen LogP contribution is 2.37. The summed E-state index contributed by atoms with van der Waals surface area (Å²) in [5.41, 5.74) is 0. The molecule has 82 valence electrons. The van der Waals surface area contributed by atoms with Crippen LogP contribution in [0.15, 0.2) is 0 Å². The summed E-state index contributed by atoms with van der Waals surface area (Å²) in [4.78, 5) is 5.07. The number of fused-ring (bicyclic) bond motifs is 3. The third-order valence-corrected chi connectivity index (χ3v) is 4.11. The van der Waals surface area contributed by atoms with Crippen molar-refractivity contribution in [1.82, 2.24) is 9.80 Å². The first-order valence-electron chi connectivity index (χ1n) is 6.09. The SMILES string of the molecule is CC[C@H]1CN2CC[C@H]1C[C@H]2CN(C)C. The molecule has 0 aromatic carbocycles. The Kier molecular flexibility index (Phi) is 3.13. The van der Waals surface area contributed by atoms with Crippen LogP contribution in [0.5, 0.6) is 0 Å².